The number of benzene rings is 2. The molecule has 7 rings (SSSR count). The van der Waals surface area contributed by atoms with Crippen molar-refractivity contribution in [1.29, 1.82) is 0 Å². The summed E-state index contributed by atoms with van der Waals surface area (Å²) in [6.45, 7) is -0.583. The van der Waals surface area contributed by atoms with Crippen molar-refractivity contribution in [2.75, 3.05) is 16.3 Å². The van der Waals surface area contributed by atoms with Crippen LogP contribution >= 0.6 is 34.5 Å². The lowest BCUT2D eigenvalue weighted by Crippen LogP contribution is -2.46. The van der Waals surface area contributed by atoms with E-state index >= 15 is 4.39 Å². The van der Waals surface area contributed by atoms with Crippen LogP contribution in [0.15, 0.2) is 34.9 Å². The second-order valence-electron chi connectivity index (χ2n) is 11.3. The minimum Gasteiger partial charge on any atom is -0.480 e. The lowest BCUT2D eigenvalue weighted by atomic mass is 9.99. The number of aliphatic carboxylic acids is 1. The van der Waals surface area contributed by atoms with E-state index in [0.29, 0.717) is 50.5 Å². The molecule has 2 bridgehead atoms. The average Bonchev–Trinajstić information content (AvgIpc) is 3.48. The Morgan fingerprint density at radius 2 is 1.86 bits per heavy atom. The number of amides is 1. The first-order valence-electron chi connectivity index (χ1n) is 14.2. The van der Waals surface area contributed by atoms with E-state index in [1.54, 1.807) is 24.3 Å². The number of carboxylic acid groups (broad SMARTS) is 1. The molecule has 2 aromatic carbocycles. The predicted octanol–water partition coefficient (Wildman–Crippen LogP) is 6.68. The van der Waals surface area contributed by atoms with Crippen LogP contribution in [0.1, 0.15) is 60.6 Å². The highest BCUT2D eigenvalue weighted by Gasteiger charge is 2.45. The molecule has 1 saturated carbocycles. The number of anilines is 2. The number of fused-ring (bicyclic) bond motifs is 3. The van der Waals surface area contributed by atoms with Crippen molar-refractivity contribution in [3.8, 4) is 11.3 Å². The number of thiazole rings is 1. The fourth-order valence-electron chi connectivity index (χ4n) is 6.34. The van der Waals surface area contributed by atoms with Gasteiger partial charge in [-0.3, -0.25) is 9.59 Å². The second-order valence-corrected chi connectivity index (χ2v) is 13.2. The van der Waals surface area contributed by atoms with Crippen molar-refractivity contribution in [2.45, 2.75) is 62.6 Å². The van der Waals surface area contributed by atoms with Gasteiger partial charge in [0.15, 0.2) is 16.7 Å². The van der Waals surface area contributed by atoms with Gasteiger partial charge in [0.25, 0.3) is 0 Å². The average molecular weight is 660 g/mol. The number of ether oxygens (including phenoxy) is 1. The van der Waals surface area contributed by atoms with Crippen LogP contribution in [0.3, 0.4) is 0 Å². The molecule has 4 heterocycles. The lowest BCUT2D eigenvalue weighted by molar-refractivity contribution is -0.136. The van der Waals surface area contributed by atoms with Crippen LogP contribution in [0.25, 0.3) is 21.5 Å². The number of nitrogens with zero attached hydrogens (tertiary/aromatic N) is 4. The summed E-state index contributed by atoms with van der Waals surface area (Å²) >= 11 is 14.2. The van der Waals surface area contributed by atoms with Crippen molar-refractivity contribution in [1.82, 2.24) is 10.1 Å². The van der Waals surface area contributed by atoms with Gasteiger partial charge in [0, 0.05) is 42.1 Å². The van der Waals surface area contributed by atoms with Crippen molar-refractivity contribution >= 4 is 73.9 Å². The summed E-state index contributed by atoms with van der Waals surface area (Å²) in [6, 6.07) is 7.82. The molecule has 3 aliphatic rings. The van der Waals surface area contributed by atoms with Crippen molar-refractivity contribution in [2.24, 2.45) is 0 Å². The minimum atomic E-state index is -1.21. The van der Waals surface area contributed by atoms with Gasteiger partial charge < -0.3 is 24.2 Å². The third-order valence-corrected chi connectivity index (χ3v) is 10.1. The molecule has 0 spiro atoms. The Balaban J connectivity index is 1.12. The largest absolute Gasteiger partial charge is 0.480 e. The Hall–Kier alpha value is -3.74. The molecule has 1 unspecified atom stereocenters. The van der Waals surface area contributed by atoms with Gasteiger partial charge in [0.2, 0.25) is 6.41 Å². The molecule has 14 heteroatoms. The molecule has 3 atom stereocenters. The first kappa shape index (κ1) is 29.0. The molecule has 2 saturated heterocycles. The van der Waals surface area contributed by atoms with E-state index in [1.807, 2.05) is 0 Å². The van der Waals surface area contributed by atoms with E-state index in [-0.39, 0.29) is 46.6 Å². The summed E-state index contributed by atoms with van der Waals surface area (Å²) in [5, 5.41) is 14.6. The van der Waals surface area contributed by atoms with Crippen LogP contribution in [0.2, 0.25) is 10.0 Å². The highest BCUT2D eigenvalue weighted by atomic mass is 35.5. The number of esters is 1. The van der Waals surface area contributed by atoms with E-state index < -0.39 is 24.3 Å². The smallest absolute Gasteiger partial charge is 0.344 e. The van der Waals surface area contributed by atoms with E-state index in [4.69, 9.17) is 37.6 Å². The van der Waals surface area contributed by atoms with Crippen LogP contribution in [-0.4, -0.2) is 58.3 Å². The van der Waals surface area contributed by atoms with Crippen LogP contribution in [-0.2, 0) is 14.3 Å². The molecule has 2 aromatic heterocycles. The Kier molecular flexibility index (Phi) is 7.46. The maximum Gasteiger partial charge on any atom is 0.344 e. The normalized spacial score (nSPS) is 21.1. The Morgan fingerprint density at radius 3 is 2.50 bits per heavy atom. The minimum absolute atomic E-state index is 0.0241. The van der Waals surface area contributed by atoms with Gasteiger partial charge >= 0.3 is 11.9 Å². The molecule has 4 aromatic rings. The number of carbonyl (C=O) groups is 3. The molecule has 1 amide bonds. The molecule has 1 aliphatic carbocycles. The number of hydrogen-bond acceptors (Lipinski definition) is 9. The number of carboxylic acids is 1. The third-order valence-electron chi connectivity index (χ3n) is 8.44. The number of piperidine rings is 1. The van der Waals surface area contributed by atoms with Crippen LogP contribution in [0.4, 0.5) is 15.2 Å². The fraction of sp³-hybridized carbons (Fsp3) is 0.367. The zero-order chi connectivity index (χ0) is 30.7. The Bertz CT molecular complexity index is 1780. The van der Waals surface area contributed by atoms with Crippen LogP contribution in [0.5, 0.6) is 0 Å². The van der Waals surface area contributed by atoms with Gasteiger partial charge in [-0.05, 0) is 49.9 Å². The van der Waals surface area contributed by atoms with Gasteiger partial charge in [-0.25, -0.2) is 14.2 Å². The highest BCUT2D eigenvalue weighted by molar-refractivity contribution is 7.22. The van der Waals surface area contributed by atoms with Gasteiger partial charge in [-0.2, -0.15) is 0 Å². The topological polar surface area (TPSA) is 126 Å². The molecule has 2 aliphatic heterocycles. The molecule has 44 heavy (non-hydrogen) atoms. The number of rotatable bonds is 9. The monoisotopic (exact) mass is 658 g/mol. The zero-order valence-corrected chi connectivity index (χ0v) is 25.4. The first-order valence-corrected chi connectivity index (χ1v) is 15.8. The maximum atomic E-state index is 15.1. The number of hydrogen-bond donors (Lipinski definition) is 1. The van der Waals surface area contributed by atoms with Gasteiger partial charge in [-0.15, -0.1) is 0 Å². The summed E-state index contributed by atoms with van der Waals surface area (Å²) in [7, 11) is 0. The van der Waals surface area contributed by atoms with E-state index in [2.05, 4.69) is 15.0 Å². The zero-order valence-electron chi connectivity index (χ0n) is 23.0. The molecular weight excluding hydrogens is 634 g/mol. The van der Waals surface area contributed by atoms with E-state index in [1.165, 1.54) is 11.3 Å². The molecular formula is C30H25Cl2FN4O6S. The van der Waals surface area contributed by atoms with Crippen LogP contribution in [0, 0.1) is 5.82 Å². The molecule has 10 nitrogen and oxygen atoms in total. The number of carbonyl (C=O) groups excluding carboxylic acids is 2. The maximum absolute atomic E-state index is 15.1. The number of halogens is 3. The first-order chi connectivity index (χ1) is 21.2. The predicted molar refractivity (Wildman–Crippen MR) is 162 cm³/mol. The summed E-state index contributed by atoms with van der Waals surface area (Å²) in [6.07, 6.45) is 4.65. The molecule has 228 valence electrons. The third kappa shape index (κ3) is 5.18. The quantitative estimate of drug-likeness (QED) is 0.155. The summed E-state index contributed by atoms with van der Waals surface area (Å²) in [4.78, 5) is 44.0. The lowest BCUT2D eigenvalue weighted by Gasteiger charge is -2.38. The van der Waals surface area contributed by atoms with Crippen molar-refractivity contribution in [3.05, 3.63) is 57.5 Å². The van der Waals surface area contributed by atoms with Crippen LogP contribution < -0.4 is 9.80 Å². The molecule has 3 fully saturated rings. The second kappa shape index (κ2) is 11.3. The standard InChI is InChI=1S/C30H25Cl2FN4O6S/c31-19-2-1-3-20(32)24(19)27-25(28(43-35-27)14-4-5-14)29(41)42-18-8-15-6-7-16(9-18)37(15)30-34-26-21(33)10-17(11-22(26)44-30)36(13-38)12-23(39)40/h1-3,10-11,13-16,18H,4-9,12H2,(H,39,40)/t15-,16+,18?. The van der Waals surface area contributed by atoms with E-state index in [9.17, 15) is 14.4 Å². The molecule has 1 N–H and O–H groups in total. The summed E-state index contributed by atoms with van der Waals surface area (Å²) < 4.78 is 27.3. The Labute approximate surface area is 264 Å². The van der Waals surface area contributed by atoms with Crippen molar-refractivity contribution < 1.29 is 33.1 Å². The number of aromatic nitrogens is 2. The fourth-order valence-corrected chi connectivity index (χ4v) is 8.07. The van der Waals surface area contributed by atoms with Gasteiger partial charge in [0.05, 0.1) is 14.7 Å². The summed E-state index contributed by atoms with van der Waals surface area (Å²) in [5.74, 6) is -1.77. The SMILES string of the molecule is O=CN(CC(=O)O)c1cc(F)c2nc(N3[C@@H]4CC[C@H]3CC(OC(=O)c3c(-c5c(Cl)cccc5Cl)noc3C3CC3)C4)sc2c1. The van der Waals surface area contributed by atoms with E-state index in [0.717, 1.165) is 36.6 Å². The van der Waals surface area contributed by atoms with Crippen molar-refractivity contribution in [3.63, 3.8) is 0 Å². The highest BCUT2D eigenvalue weighted by Crippen LogP contribution is 2.47. The van der Waals surface area contributed by atoms with Gasteiger partial charge in [-0.1, -0.05) is 45.8 Å². The summed E-state index contributed by atoms with van der Waals surface area (Å²) in [5.41, 5.74) is 1.28. The van der Waals surface area contributed by atoms with Gasteiger partial charge in [0.1, 0.15) is 29.4 Å². The molecule has 0 radical (unpaired) electrons. The Morgan fingerprint density at radius 1 is 1.16 bits per heavy atom.